The van der Waals surface area contributed by atoms with Crippen molar-refractivity contribution in [3.8, 4) is 30.1 Å². The molecule has 744 valence electrons. The Kier molecular flexibility index (Phi) is 50.8. The van der Waals surface area contributed by atoms with Gasteiger partial charge in [0.1, 0.15) is 18.6 Å². The standard InChI is InChI=1S/C20H29ClN2O.C19H27ClN2O2.C12H10ClNO5.C11H22N2.C11H21NO3S.C10H19NO.C8H7ClO3.C6H10O.C2H2.CH5N.HNS/c1-15-9-10-16(13-17(15)21)14-20(24)22(2)18-7-3-4-8-19(18)23-11-5-6-12-23;1-21(19(24)13-14-8-9-18(23)15(20)12-14)16-6-2-3-7-17(16)22-10-4-5-11-22;13-8-5-7(1-2-9(8)15)6-12(18)19-14-10(16)3-4-11(14)17;1-12-10-6-2-3-7-11(10)13-8-4-5-9-13;1-16(13,14)15-11-7-3-2-6-10(11)12-8-4-5-9-12;12-10-6-2-1-5-9(10)11-7-3-4-8-11;9-6-3-5(4-8(11)12)1-2-7(6)10;1-2-4-6-5(3-1)7-6;3*1-2/h9-10,13,18-19H,3-8,11-12,14H2,1-2H3;8-9,12,16-17,23H,2-7,10-11,13H2,1H3;1-2,5,15H,3-4,6H2;10-12H,2-9H2,1H3;10-11H,2-9H2,1H3;9-10,12H,1-8H2;1-3,10H,4H2,(H,11,12);5-6H,1-4H2;1-2H;2H2,1H3;1H/t18?,19-;16?,17-;;2*10-,11-;9-,10-;;;;;/m11.111...../s1/i;;;;;;;;1D;;. The minimum absolute atomic E-state index is 0.0307. The van der Waals surface area contributed by atoms with E-state index in [1.165, 1.54) is 282 Å². The number of carboxylic acids is 1. The largest absolute Gasteiger partial charge is 0.506 e. The molecule has 13 fully saturated rings. The molecule has 27 nitrogen and oxygen atoms in total. The molecular formula is C100H153Cl4N11O16S2. The molecule has 0 spiro atoms. The van der Waals surface area contributed by atoms with Crippen molar-refractivity contribution in [3.63, 3.8) is 0 Å². The molecule has 12 atom stereocenters. The second kappa shape index (κ2) is 60.4. The van der Waals surface area contributed by atoms with Gasteiger partial charge in [0, 0.05) is 92.7 Å². The van der Waals surface area contributed by atoms with Crippen molar-refractivity contribution in [1.29, 1.82) is 4.78 Å². The third kappa shape index (κ3) is 38.0. The Morgan fingerprint density at radius 3 is 1.20 bits per heavy atom. The van der Waals surface area contributed by atoms with Gasteiger partial charge in [-0.1, -0.05) is 154 Å². The van der Waals surface area contributed by atoms with Gasteiger partial charge in [-0.15, -0.1) is 17.9 Å². The molecule has 6 aliphatic carbocycles. The van der Waals surface area contributed by atoms with Crippen molar-refractivity contribution in [2.75, 3.05) is 99.9 Å². The number of ether oxygens (including phenoxy) is 1. The Morgan fingerprint density at radius 2 is 0.820 bits per heavy atom. The van der Waals surface area contributed by atoms with Crippen LogP contribution in [0, 0.1) is 24.5 Å². The summed E-state index contributed by atoms with van der Waals surface area (Å²) in [4.78, 5) is 91.4. The molecular weight excluding hydrogens is 1820 g/mol. The van der Waals surface area contributed by atoms with Crippen LogP contribution in [-0.4, -0.2) is 282 Å². The number of hydrogen-bond donors (Lipinski definition) is 8. The summed E-state index contributed by atoms with van der Waals surface area (Å²) in [5, 5.41) is 51.3. The maximum Gasteiger partial charge on any atom is 0.337 e. The van der Waals surface area contributed by atoms with Gasteiger partial charge in [0.15, 0.2) is 0 Å². The smallest absolute Gasteiger partial charge is 0.337 e. The molecule has 4 aromatic rings. The highest BCUT2D eigenvalue weighted by Crippen LogP contribution is 2.38. The summed E-state index contributed by atoms with van der Waals surface area (Å²) < 4.78 is 44.0. The molecule has 17 rings (SSSR count). The average Bonchev–Trinajstić information content (AvgIpc) is 1.24. The van der Waals surface area contributed by atoms with E-state index in [4.69, 9.17) is 76.5 Å². The number of aryl methyl sites for hydroxylation is 1. The van der Waals surface area contributed by atoms with Gasteiger partial charge in [0.25, 0.3) is 21.9 Å². The number of rotatable bonds is 19. The Hall–Kier alpha value is -6.41. The van der Waals surface area contributed by atoms with E-state index in [9.17, 15) is 52.5 Å². The molecule has 13 aliphatic rings. The third-order valence-corrected chi connectivity index (χ3v) is 29.7. The van der Waals surface area contributed by atoms with Gasteiger partial charge in [-0.05, 0) is 298 Å². The highest BCUT2D eigenvalue weighted by atomic mass is 35.5. The van der Waals surface area contributed by atoms with Gasteiger partial charge in [-0.2, -0.15) is 8.42 Å². The fourth-order valence-electron chi connectivity index (χ4n) is 20.7. The quantitative estimate of drug-likeness (QED) is 0.0187. The van der Waals surface area contributed by atoms with Crippen molar-refractivity contribution in [3.05, 3.63) is 121 Å². The van der Waals surface area contributed by atoms with Crippen LogP contribution in [0.25, 0.3) is 0 Å². The van der Waals surface area contributed by atoms with E-state index >= 15 is 0 Å². The number of aliphatic hydroxyl groups excluding tert-OH is 1. The van der Waals surface area contributed by atoms with Crippen molar-refractivity contribution < 1.29 is 77.8 Å². The van der Waals surface area contributed by atoms with E-state index in [1.807, 2.05) is 49.0 Å². The number of likely N-dealkylation sites (N-methyl/N-ethyl adjacent to an activating group) is 3. The van der Waals surface area contributed by atoms with Crippen LogP contribution in [0.4, 0.5) is 0 Å². The first-order valence-electron chi connectivity index (χ1n) is 49.1. The third-order valence-electron chi connectivity index (χ3n) is 27.8. The number of nitrogens with zero attached hydrogens (tertiary/aromatic N) is 8. The molecule has 0 bridgehead atoms. The Bertz CT molecular complexity index is 4260. The van der Waals surface area contributed by atoms with E-state index in [0.29, 0.717) is 82.5 Å². The monoisotopic (exact) mass is 1970 g/mol. The number of terminal acetylenes is 1. The summed E-state index contributed by atoms with van der Waals surface area (Å²) in [6.07, 6.45) is 51.9. The van der Waals surface area contributed by atoms with E-state index in [1.54, 1.807) is 18.2 Å². The number of carboxylic acid groups (broad SMARTS) is 1. The second-order valence-corrected chi connectivity index (χ2v) is 40.2. The van der Waals surface area contributed by atoms with E-state index in [0.717, 1.165) is 91.7 Å². The van der Waals surface area contributed by atoms with Gasteiger partial charge < -0.3 is 56.0 Å². The number of aliphatic carboxylic acids is 1. The molecule has 7 saturated heterocycles. The second-order valence-electron chi connectivity index (χ2n) is 37.0. The number of phenols is 3. The summed E-state index contributed by atoms with van der Waals surface area (Å²) in [5.74, 6) is -2.44. The number of aliphatic hydroxyl groups is 1. The van der Waals surface area contributed by atoms with Crippen molar-refractivity contribution >= 4 is 105 Å². The van der Waals surface area contributed by atoms with E-state index in [2.05, 4.69) is 61.4 Å². The number of hydrogen-bond acceptors (Lipinski definition) is 24. The first kappa shape index (κ1) is 112. The number of nitrogens with one attached hydrogen (secondary N) is 2. The highest BCUT2D eigenvalue weighted by molar-refractivity contribution is 7.86. The number of nitrogens with two attached hydrogens (primary N) is 1. The number of halogens is 4. The molecule has 9 N–H and O–H groups in total. The zero-order valence-corrected chi connectivity index (χ0v) is 84.2. The van der Waals surface area contributed by atoms with Crippen LogP contribution in [0.1, 0.15) is 260 Å². The summed E-state index contributed by atoms with van der Waals surface area (Å²) in [6, 6.07) is 23.7. The Morgan fingerprint density at radius 1 is 0.496 bits per heavy atom. The fourth-order valence-corrected chi connectivity index (χ4v) is 22.2. The van der Waals surface area contributed by atoms with Crippen LogP contribution in [0.15, 0.2) is 72.8 Å². The molecule has 4 amide bonds. The number of epoxide rings is 1. The van der Waals surface area contributed by atoms with Crippen LogP contribution >= 0.6 is 46.4 Å². The fraction of sp³-hybridized carbons (Fsp3) is 0.680. The maximum atomic E-state index is 12.8. The summed E-state index contributed by atoms with van der Waals surface area (Å²) in [6.45, 7) is 14.1. The van der Waals surface area contributed by atoms with Crippen LogP contribution in [0.5, 0.6) is 17.2 Å². The number of likely N-dealkylation sites (tertiary alicyclic amines) is 5. The first-order chi connectivity index (χ1) is 64.4. The van der Waals surface area contributed by atoms with E-state index < -0.39 is 33.9 Å². The number of aromatic hydroxyl groups is 3. The topological polar surface area (TPSA) is 357 Å². The zero-order chi connectivity index (χ0) is 97.8. The van der Waals surface area contributed by atoms with Gasteiger partial charge >= 0.3 is 11.9 Å². The maximum absolute atomic E-state index is 12.8. The average molecular weight is 1970 g/mol. The minimum atomic E-state index is -3.31. The van der Waals surface area contributed by atoms with Crippen molar-refractivity contribution in [2.45, 2.75) is 337 Å². The number of carbonyl (C=O) groups excluding carboxylic acids is 5. The van der Waals surface area contributed by atoms with Gasteiger partial charge in [-0.25, -0.2) is 9.57 Å². The Labute approximate surface area is 819 Å². The summed E-state index contributed by atoms with van der Waals surface area (Å²) in [7, 11) is 4.26. The van der Waals surface area contributed by atoms with Crippen LogP contribution < -0.4 is 11.1 Å². The zero-order valence-electron chi connectivity index (χ0n) is 80.5. The lowest BCUT2D eigenvalue weighted by Crippen LogP contribution is -2.53. The highest BCUT2D eigenvalue weighted by Gasteiger charge is 2.42. The lowest BCUT2D eigenvalue weighted by Gasteiger charge is -2.42. The molecule has 7 heterocycles. The number of phenolic OH excluding ortho intramolecular Hbond substituents is 3. The number of hydroxylamine groups is 2. The normalized spacial score (nSPS) is 25.7. The predicted octanol–water partition coefficient (Wildman–Crippen LogP) is 16.2. The minimum Gasteiger partial charge on any atom is -0.506 e. The van der Waals surface area contributed by atoms with Crippen LogP contribution in [0.3, 0.4) is 0 Å². The number of imide groups is 1. The van der Waals surface area contributed by atoms with Gasteiger partial charge in [0.05, 0.1) is 71.4 Å². The van der Waals surface area contributed by atoms with Gasteiger partial charge in [0.2, 0.25) is 11.8 Å². The number of fused-ring (bicyclic) bond motifs is 1. The Balaban J connectivity index is 0.000000211. The van der Waals surface area contributed by atoms with Crippen LogP contribution in [0.2, 0.25) is 20.1 Å². The molecule has 6 saturated carbocycles. The summed E-state index contributed by atoms with van der Waals surface area (Å²) in [5.41, 5.74) is 8.50. The molecule has 0 aromatic heterocycles. The number of carbonyl (C=O) groups is 6. The first-order valence-corrected chi connectivity index (χ1v) is 52.4. The molecule has 0 radical (unpaired) electrons. The number of amides is 4. The molecule has 4 aromatic carbocycles. The molecule has 133 heavy (non-hydrogen) atoms. The molecule has 33 heteroatoms. The molecule has 4 unspecified atom stereocenters. The summed E-state index contributed by atoms with van der Waals surface area (Å²) >= 11 is 26.7. The number of benzene rings is 4. The van der Waals surface area contributed by atoms with Crippen molar-refractivity contribution in [1.82, 2.24) is 44.7 Å². The predicted molar refractivity (Wildman–Crippen MR) is 529 cm³/mol. The van der Waals surface area contributed by atoms with E-state index in [-0.39, 0.29) is 77.0 Å². The SMILES string of the molecule is C1CCC2OC2C1.CN.CN(C(=O)Cc1ccc(O)c(Cl)c1)C1CCCC[C@H]1N1CCCC1.CN[C@@H]1CCCC[C@H]1N1CCCC1.CS(=O)(=O)O[C@@H]1CCCC[C@H]1N1CCCC1.Cc1ccc(CC(=O)N(C)C2CCCC[C@H]2N2CCCC2)cc1Cl.N=S.O=C(Cc1ccc(O)c(Cl)c1)ON1C(=O)CCC1=O.O=C(O)Cc1ccc(O)c(Cl)c1.O[C@@H]1CCCC[C@H]1N1CCCC1.[2H]C#C. The van der Waals surface area contributed by atoms with Crippen LogP contribution in [-0.2, 0) is 90.8 Å². The molecule has 7 aliphatic heterocycles. The lowest BCUT2D eigenvalue weighted by atomic mass is 9.88. The lowest BCUT2D eigenvalue weighted by molar-refractivity contribution is -0.197. The van der Waals surface area contributed by atoms with Crippen molar-refractivity contribution in [2.24, 2.45) is 5.73 Å². The van der Waals surface area contributed by atoms with Gasteiger partial charge in [-0.3, -0.25) is 52.7 Å².